The second-order valence-corrected chi connectivity index (χ2v) is 7.45. The van der Waals surface area contributed by atoms with Gasteiger partial charge in [0, 0.05) is 31.2 Å². The van der Waals surface area contributed by atoms with Gasteiger partial charge >= 0.3 is 0 Å². The van der Waals surface area contributed by atoms with Crippen LogP contribution in [0.3, 0.4) is 0 Å². The van der Waals surface area contributed by atoms with Crippen molar-refractivity contribution >= 4 is 36.4 Å². The molecule has 1 aliphatic rings. The van der Waals surface area contributed by atoms with Crippen molar-refractivity contribution in [1.29, 1.82) is 0 Å². The van der Waals surface area contributed by atoms with Crippen molar-refractivity contribution in [1.82, 2.24) is 4.90 Å². The number of carbonyl (C=O) groups is 1. The van der Waals surface area contributed by atoms with E-state index in [1.54, 1.807) is 0 Å². The van der Waals surface area contributed by atoms with Crippen LogP contribution in [0.25, 0.3) is 0 Å². The maximum Gasteiger partial charge on any atom is 0.226 e. The highest BCUT2D eigenvalue weighted by Gasteiger charge is 2.16. The van der Waals surface area contributed by atoms with Gasteiger partial charge in [-0.25, -0.2) is 0 Å². The molecule has 1 saturated heterocycles. The van der Waals surface area contributed by atoms with Gasteiger partial charge in [0.1, 0.15) is 0 Å². The average Bonchev–Trinajstić information content (AvgIpc) is 2.64. The lowest BCUT2D eigenvalue weighted by Crippen LogP contribution is -2.33. The summed E-state index contributed by atoms with van der Waals surface area (Å²) in [5.41, 5.74) is 9.22. The van der Waals surface area contributed by atoms with Gasteiger partial charge in [-0.15, -0.1) is 24.8 Å². The summed E-state index contributed by atoms with van der Waals surface area (Å²) in [4.78, 5) is 14.7. The molecule has 1 fully saturated rings. The molecule has 0 bridgehead atoms. The van der Waals surface area contributed by atoms with Gasteiger partial charge in [0.05, 0.1) is 0 Å². The summed E-state index contributed by atoms with van der Waals surface area (Å²) in [6.07, 6.45) is 2.90. The minimum absolute atomic E-state index is 0. The molecule has 0 aromatic heterocycles. The summed E-state index contributed by atoms with van der Waals surface area (Å²) in [7, 11) is 0. The summed E-state index contributed by atoms with van der Waals surface area (Å²) in [6.45, 7) is 5.67. The zero-order chi connectivity index (χ0) is 18.4. The molecule has 2 aromatic rings. The molecule has 3 N–H and O–H groups in total. The quantitative estimate of drug-likeness (QED) is 0.701. The van der Waals surface area contributed by atoms with Crippen LogP contribution in [0.4, 0.5) is 5.69 Å². The maximum atomic E-state index is 12.2. The van der Waals surface area contributed by atoms with E-state index in [-0.39, 0.29) is 43.2 Å². The number of nitrogens with zero attached hydrogens (tertiary/aromatic N) is 1. The Labute approximate surface area is 180 Å². The lowest BCUT2D eigenvalue weighted by Gasteiger charge is -2.30. The van der Waals surface area contributed by atoms with Crippen molar-refractivity contribution in [2.24, 2.45) is 11.7 Å². The Bertz CT molecular complexity index is 709. The van der Waals surface area contributed by atoms with Crippen molar-refractivity contribution in [2.75, 3.05) is 18.4 Å². The number of carbonyl (C=O) groups excluding carboxylic acids is 1. The summed E-state index contributed by atoms with van der Waals surface area (Å²) in [5.74, 6) is 0.732. The molecule has 3 rings (SSSR count). The Morgan fingerprint density at radius 1 is 1.14 bits per heavy atom. The number of amides is 1. The Morgan fingerprint density at radius 3 is 2.46 bits per heavy atom. The van der Waals surface area contributed by atoms with Gasteiger partial charge in [0.2, 0.25) is 5.91 Å². The van der Waals surface area contributed by atoms with Crippen molar-refractivity contribution in [3.63, 3.8) is 0 Å². The first kappa shape index (κ1) is 24.4. The monoisotopic (exact) mass is 423 g/mol. The highest BCUT2D eigenvalue weighted by molar-refractivity contribution is 5.91. The first-order valence-corrected chi connectivity index (χ1v) is 9.52. The number of hydrogen-bond acceptors (Lipinski definition) is 3. The fourth-order valence-corrected chi connectivity index (χ4v) is 3.61. The number of benzene rings is 2. The molecule has 2 aromatic carbocycles. The summed E-state index contributed by atoms with van der Waals surface area (Å²) in [6, 6.07) is 17.6. The predicted molar refractivity (Wildman–Crippen MR) is 121 cm³/mol. The summed E-state index contributed by atoms with van der Waals surface area (Å²) >= 11 is 0. The standard InChI is InChI=1S/C22H29N3O.2ClH/c1-17-6-5-13-25(15-17)16-18-9-11-20(12-10-18)24-22(26)14-21(23)19-7-3-2-4-8-19;;/h2-4,7-12,17,21H,5-6,13-16,23H2,1H3,(H,24,26);2*1H. The third kappa shape index (κ3) is 7.44. The second-order valence-electron chi connectivity index (χ2n) is 7.45. The number of likely N-dealkylation sites (tertiary alicyclic amines) is 1. The molecule has 1 aliphatic heterocycles. The zero-order valence-electron chi connectivity index (χ0n) is 16.3. The topological polar surface area (TPSA) is 58.4 Å². The van der Waals surface area contributed by atoms with Gasteiger partial charge in [0.25, 0.3) is 0 Å². The van der Waals surface area contributed by atoms with Crippen molar-refractivity contribution in [2.45, 2.75) is 38.8 Å². The maximum absolute atomic E-state index is 12.2. The van der Waals surface area contributed by atoms with Crippen LogP contribution in [-0.4, -0.2) is 23.9 Å². The third-order valence-corrected chi connectivity index (χ3v) is 5.02. The molecule has 0 radical (unpaired) electrons. The Morgan fingerprint density at radius 2 is 1.82 bits per heavy atom. The van der Waals surface area contributed by atoms with Crippen LogP contribution in [0.15, 0.2) is 54.6 Å². The molecule has 1 heterocycles. The van der Waals surface area contributed by atoms with E-state index in [1.807, 2.05) is 42.5 Å². The fourth-order valence-electron chi connectivity index (χ4n) is 3.61. The van der Waals surface area contributed by atoms with Crippen LogP contribution in [0.1, 0.15) is 43.4 Å². The van der Waals surface area contributed by atoms with E-state index in [2.05, 4.69) is 29.3 Å². The van der Waals surface area contributed by atoms with E-state index in [0.717, 1.165) is 23.7 Å². The van der Waals surface area contributed by atoms with Crippen LogP contribution in [-0.2, 0) is 11.3 Å². The minimum atomic E-state index is -0.281. The van der Waals surface area contributed by atoms with Gasteiger partial charge in [-0.3, -0.25) is 9.69 Å². The van der Waals surface area contributed by atoms with E-state index >= 15 is 0 Å². The lowest BCUT2D eigenvalue weighted by atomic mass is 10.00. The predicted octanol–water partition coefficient (Wildman–Crippen LogP) is 4.79. The number of nitrogens with two attached hydrogens (primary N) is 1. The fraction of sp³-hybridized carbons (Fsp3) is 0.409. The number of piperidine rings is 1. The highest BCUT2D eigenvalue weighted by Crippen LogP contribution is 2.19. The van der Waals surface area contributed by atoms with Crippen LogP contribution in [0.5, 0.6) is 0 Å². The molecule has 154 valence electrons. The molecular weight excluding hydrogens is 393 g/mol. The Balaban J connectivity index is 0.00000196. The normalized spacial score (nSPS) is 17.7. The van der Waals surface area contributed by atoms with Gasteiger partial charge in [-0.1, -0.05) is 49.4 Å². The Hall–Kier alpha value is -1.59. The van der Waals surface area contributed by atoms with E-state index < -0.39 is 0 Å². The number of rotatable bonds is 6. The number of halogens is 2. The average molecular weight is 424 g/mol. The highest BCUT2D eigenvalue weighted by atomic mass is 35.5. The van der Waals surface area contributed by atoms with Crippen molar-refractivity contribution in [3.8, 4) is 0 Å². The van der Waals surface area contributed by atoms with Gasteiger partial charge < -0.3 is 11.1 Å². The zero-order valence-corrected chi connectivity index (χ0v) is 18.0. The van der Waals surface area contributed by atoms with E-state index in [0.29, 0.717) is 0 Å². The molecule has 6 heteroatoms. The van der Waals surface area contributed by atoms with Crippen LogP contribution >= 0.6 is 24.8 Å². The molecule has 0 saturated carbocycles. The Kier molecular flexibility index (Phi) is 10.5. The first-order chi connectivity index (χ1) is 12.6. The van der Waals surface area contributed by atoms with E-state index in [1.165, 1.54) is 31.5 Å². The van der Waals surface area contributed by atoms with E-state index in [4.69, 9.17) is 5.73 Å². The molecule has 4 nitrogen and oxygen atoms in total. The minimum Gasteiger partial charge on any atom is -0.326 e. The summed E-state index contributed by atoms with van der Waals surface area (Å²) in [5, 5.41) is 2.95. The SMILES string of the molecule is CC1CCCN(Cc2ccc(NC(=O)CC(N)c3ccccc3)cc2)C1.Cl.Cl. The molecule has 28 heavy (non-hydrogen) atoms. The van der Waals surface area contributed by atoms with Crippen molar-refractivity contribution < 1.29 is 4.79 Å². The number of anilines is 1. The first-order valence-electron chi connectivity index (χ1n) is 9.52. The third-order valence-electron chi connectivity index (χ3n) is 5.02. The second kappa shape index (κ2) is 12.1. The number of hydrogen-bond donors (Lipinski definition) is 2. The molecule has 0 aliphatic carbocycles. The largest absolute Gasteiger partial charge is 0.326 e. The molecule has 2 unspecified atom stereocenters. The molecule has 0 spiro atoms. The molecular formula is C22H31Cl2N3O. The molecule has 1 amide bonds. The number of nitrogens with one attached hydrogen (secondary N) is 1. The summed E-state index contributed by atoms with van der Waals surface area (Å²) < 4.78 is 0. The van der Waals surface area contributed by atoms with Gasteiger partial charge in [-0.2, -0.15) is 0 Å². The lowest BCUT2D eigenvalue weighted by molar-refractivity contribution is -0.116. The van der Waals surface area contributed by atoms with Crippen molar-refractivity contribution in [3.05, 3.63) is 65.7 Å². The van der Waals surface area contributed by atoms with Gasteiger partial charge in [0.15, 0.2) is 0 Å². The van der Waals surface area contributed by atoms with E-state index in [9.17, 15) is 4.79 Å². The smallest absolute Gasteiger partial charge is 0.226 e. The van der Waals surface area contributed by atoms with Crippen LogP contribution < -0.4 is 11.1 Å². The van der Waals surface area contributed by atoms with Crippen LogP contribution in [0.2, 0.25) is 0 Å². The van der Waals surface area contributed by atoms with Crippen LogP contribution in [0, 0.1) is 5.92 Å². The molecule has 2 atom stereocenters. The van der Waals surface area contributed by atoms with Gasteiger partial charge in [-0.05, 0) is 48.6 Å².